The van der Waals surface area contributed by atoms with Crippen molar-refractivity contribution in [1.82, 2.24) is 10.2 Å². The number of carbonyl (C=O) groups excluding carboxylic acids is 3. The Morgan fingerprint density at radius 2 is 2.08 bits per heavy atom. The molecule has 1 aliphatic heterocycles. The molecule has 2 amide bonds. The fourth-order valence-corrected chi connectivity index (χ4v) is 4.92. The van der Waals surface area contributed by atoms with Crippen molar-refractivity contribution < 1.29 is 38.8 Å². The van der Waals surface area contributed by atoms with Crippen LogP contribution in [0.4, 0.5) is 0 Å². The lowest BCUT2D eigenvalue weighted by molar-refractivity contribution is -0.137. The highest BCUT2D eigenvalue weighted by molar-refractivity contribution is 5.96. The van der Waals surface area contributed by atoms with Gasteiger partial charge in [0.15, 0.2) is 11.5 Å². The molecule has 0 saturated heterocycles. The van der Waals surface area contributed by atoms with Crippen LogP contribution in [0, 0.1) is 0 Å². The number of rotatable bonds is 14. The minimum atomic E-state index is -1.18. The van der Waals surface area contributed by atoms with E-state index < -0.39 is 30.1 Å². The molecule has 0 radical (unpaired) electrons. The number of benzene rings is 1. The van der Waals surface area contributed by atoms with Gasteiger partial charge >= 0.3 is 0 Å². The van der Waals surface area contributed by atoms with Gasteiger partial charge in [0, 0.05) is 42.8 Å². The molecule has 0 aromatic heterocycles. The molecule has 1 heterocycles. The Labute approximate surface area is 223 Å². The van der Waals surface area contributed by atoms with Crippen LogP contribution in [-0.2, 0) is 14.3 Å². The summed E-state index contributed by atoms with van der Waals surface area (Å²) < 4.78 is 17.3. The third kappa shape index (κ3) is 6.43. The SMILES string of the molecule is C=CCCC(=O)N(CCCOC(C)C)[C@@H]1C=C(C(=O)NCCO)[C@@H]2c3cc(C=O)cc(OC)c3O[C@@H]2[C@H]1O. The second-order valence-corrected chi connectivity index (χ2v) is 9.59. The van der Waals surface area contributed by atoms with E-state index >= 15 is 0 Å². The summed E-state index contributed by atoms with van der Waals surface area (Å²) in [5, 5.41) is 23.5. The number of aliphatic hydroxyl groups is 2. The van der Waals surface area contributed by atoms with E-state index in [1.165, 1.54) is 13.2 Å². The highest BCUT2D eigenvalue weighted by Gasteiger charge is 2.51. The summed E-state index contributed by atoms with van der Waals surface area (Å²) in [6.45, 7) is 8.06. The van der Waals surface area contributed by atoms with E-state index in [9.17, 15) is 24.6 Å². The van der Waals surface area contributed by atoms with Gasteiger partial charge in [-0.2, -0.15) is 0 Å². The predicted molar refractivity (Wildman–Crippen MR) is 140 cm³/mol. The lowest BCUT2D eigenvalue weighted by Gasteiger charge is -2.40. The predicted octanol–water partition coefficient (Wildman–Crippen LogP) is 1.74. The van der Waals surface area contributed by atoms with Crippen molar-refractivity contribution in [2.75, 3.05) is 33.4 Å². The molecule has 0 saturated carbocycles. The molecule has 0 unspecified atom stereocenters. The maximum absolute atomic E-state index is 13.3. The number of carbonyl (C=O) groups is 3. The van der Waals surface area contributed by atoms with Crippen LogP contribution >= 0.6 is 0 Å². The molecule has 208 valence electrons. The van der Waals surface area contributed by atoms with E-state index in [1.54, 1.807) is 23.1 Å². The molecule has 0 fully saturated rings. The van der Waals surface area contributed by atoms with Gasteiger partial charge in [0.25, 0.3) is 0 Å². The van der Waals surface area contributed by atoms with Crippen molar-refractivity contribution in [3.8, 4) is 11.5 Å². The van der Waals surface area contributed by atoms with E-state index in [0.29, 0.717) is 54.9 Å². The fraction of sp³-hybridized carbons (Fsp3) is 0.536. The van der Waals surface area contributed by atoms with Crippen molar-refractivity contribution in [2.24, 2.45) is 0 Å². The number of nitrogens with one attached hydrogen (secondary N) is 1. The Bertz CT molecular complexity index is 1050. The Balaban J connectivity index is 2.05. The molecular weight excluding hydrogens is 492 g/mol. The van der Waals surface area contributed by atoms with E-state index in [0.717, 1.165) is 0 Å². The van der Waals surface area contributed by atoms with Gasteiger partial charge in [-0.05, 0) is 44.9 Å². The van der Waals surface area contributed by atoms with Crippen LogP contribution in [0.15, 0.2) is 36.4 Å². The van der Waals surface area contributed by atoms with Gasteiger partial charge in [-0.15, -0.1) is 6.58 Å². The number of allylic oxidation sites excluding steroid dienone is 1. The number of methoxy groups -OCH3 is 1. The second kappa shape index (κ2) is 13.5. The number of hydrogen-bond donors (Lipinski definition) is 3. The standard InChI is InChI=1S/C28H38N2O8/c1-5-6-8-23(33)30(10-7-12-37-17(2)3)21-15-20(28(35)29-9-11-31)24-19-13-18(16-32)14-22(36-4)26(19)38-27(24)25(21)34/h5,13-17,21,24-25,27,31,34H,1,6-12H2,2-4H3,(H,29,35)/t21-,24+,25+,27+/m1/s1. The molecule has 4 atom stereocenters. The quantitative estimate of drug-likeness (QED) is 0.188. The van der Waals surface area contributed by atoms with Gasteiger partial charge in [-0.3, -0.25) is 14.4 Å². The summed E-state index contributed by atoms with van der Waals surface area (Å²) in [5.74, 6) is -0.719. The topological polar surface area (TPSA) is 135 Å². The average Bonchev–Trinajstić information content (AvgIpc) is 3.30. The maximum atomic E-state index is 13.3. The van der Waals surface area contributed by atoms with E-state index in [2.05, 4.69) is 11.9 Å². The molecule has 1 aromatic rings. The number of ether oxygens (including phenoxy) is 3. The summed E-state index contributed by atoms with van der Waals surface area (Å²) in [6.07, 6.45) is 3.09. The molecular formula is C28H38N2O8. The lowest BCUT2D eigenvalue weighted by atomic mass is 9.77. The Morgan fingerprint density at radius 1 is 1.32 bits per heavy atom. The van der Waals surface area contributed by atoms with Crippen LogP contribution in [-0.4, -0.2) is 91.0 Å². The minimum Gasteiger partial charge on any atom is -0.493 e. The largest absolute Gasteiger partial charge is 0.493 e. The molecule has 10 heteroatoms. The first kappa shape index (κ1) is 29.3. The third-order valence-corrected chi connectivity index (χ3v) is 6.65. The van der Waals surface area contributed by atoms with Gasteiger partial charge < -0.3 is 34.6 Å². The van der Waals surface area contributed by atoms with Crippen molar-refractivity contribution >= 4 is 18.1 Å². The van der Waals surface area contributed by atoms with Gasteiger partial charge in [-0.1, -0.05) is 6.08 Å². The molecule has 1 aromatic carbocycles. The number of hydrogen-bond acceptors (Lipinski definition) is 8. The Morgan fingerprint density at radius 3 is 2.71 bits per heavy atom. The van der Waals surface area contributed by atoms with Crippen molar-refractivity contribution in [3.63, 3.8) is 0 Å². The highest BCUT2D eigenvalue weighted by atomic mass is 16.5. The summed E-state index contributed by atoms with van der Waals surface area (Å²) >= 11 is 0. The van der Waals surface area contributed by atoms with Crippen LogP contribution in [0.1, 0.15) is 54.9 Å². The second-order valence-electron chi connectivity index (χ2n) is 9.59. The third-order valence-electron chi connectivity index (χ3n) is 6.65. The van der Waals surface area contributed by atoms with Crippen LogP contribution < -0.4 is 14.8 Å². The summed E-state index contributed by atoms with van der Waals surface area (Å²) in [5.41, 5.74) is 1.15. The molecule has 0 bridgehead atoms. The normalized spacial score (nSPS) is 21.6. The van der Waals surface area contributed by atoms with Gasteiger partial charge in [-0.25, -0.2) is 0 Å². The van der Waals surface area contributed by atoms with E-state index in [-0.39, 0.29) is 37.2 Å². The first-order valence-electron chi connectivity index (χ1n) is 12.9. The first-order chi connectivity index (χ1) is 18.3. The molecule has 2 aliphatic rings. The lowest BCUT2D eigenvalue weighted by Crippen LogP contribution is -2.56. The zero-order valence-electron chi connectivity index (χ0n) is 22.2. The van der Waals surface area contributed by atoms with Crippen molar-refractivity contribution in [2.45, 2.75) is 63.4 Å². The molecule has 3 N–H and O–H groups in total. The van der Waals surface area contributed by atoms with Crippen molar-refractivity contribution in [1.29, 1.82) is 0 Å². The van der Waals surface area contributed by atoms with E-state index in [4.69, 9.17) is 14.2 Å². The summed E-state index contributed by atoms with van der Waals surface area (Å²) in [7, 11) is 1.44. The molecule has 3 rings (SSSR count). The van der Waals surface area contributed by atoms with Crippen LogP contribution in [0.3, 0.4) is 0 Å². The number of fused-ring (bicyclic) bond motifs is 3. The van der Waals surface area contributed by atoms with Crippen LogP contribution in [0.2, 0.25) is 0 Å². The molecule has 10 nitrogen and oxygen atoms in total. The van der Waals surface area contributed by atoms with Crippen LogP contribution in [0.5, 0.6) is 11.5 Å². The monoisotopic (exact) mass is 530 g/mol. The molecule has 0 spiro atoms. The number of amides is 2. The Kier molecular flexibility index (Phi) is 10.5. The molecule has 1 aliphatic carbocycles. The highest BCUT2D eigenvalue weighted by Crippen LogP contribution is 2.51. The zero-order chi connectivity index (χ0) is 27.8. The van der Waals surface area contributed by atoms with Gasteiger partial charge in [0.1, 0.15) is 18.5 Å². The number of aldehydes is 1. The first-order valence-corrected chi connectivity index (χ1v) is 12.9. The minimum absolute atomic E-state index is 0.0285. The van der Waals surface area contributed by atoms with Crippen LogP contribution in [0.25, 0.3) is 0 Å². The summed E-state index contributed by atoms with van der Waals surface area (Å²) in [4.78, 5) is 39.7. The average molecular weight is 531 g/mol. The smallest absolute Gasteiger partial charge is 0.247 e. The number of aliphatic hydroxyl groups excluding tert-OH is 2. The van der Waals surface area contributed by atoms with Gasteiger partial charge in [0.2, 0.25) is 11.8 Å². The Hall–Kier alpha value is -3.21. The fourth-order valence-electron chi connectivity index (χ4n) is 4.92. The zero-order valence-corrected chi connectivity index (χ0v) is 22.2. The maximum Gasteiger partial charge on any atom is 0.247 e. The molecule has 38 heavy (non-hydrogen) atoms. The van der Waals surface area contributed by atoms with Crippen molar-refractivity contribution in [3.05, 3.63) is 47.6 Å². The summed E-state index contributed by atoms with van der Waals surface area (Å²) in [6, 6.07) is 2.29. The van der Waals surface area contributed by atoms with E-state index in [1.807, 2.05) is 13.8 Å². The number of nitrogens with zero attached hydrogens (tertiary/aromatic N) is 1. The van der Waals surface area contributed by atoms with Gasteiger partial charge in [0.05, 0.1) is 31.8 Å².